The van der Waals surface area contributed by atoms with Crippen molar-refractivity contribution in [1.29, 1.82) is 0 Å². The maximum atomic E-state index is 14.0. The van der Waals surface area contributed by atoms with Crippen LogP contribution in [0.4, 0.5) is 0 Å². The lowest BCUT2D eigenvalue weighted by Crippen LogP contribution is -2.22. The van der Waals surface area contributed by atoms with Gasteiger partial charge in [0.1, 0.15) is 22.5 Å². The van der Waals surface area contributed by atoms with Gasteiger partial charge >= 0.3 is 0 Å². The zero-order valence-corrected chi connectivity index (χ0v) is 24.8. The molecule has 0 unspecified atom stereocenters. The van der Waals surface area contributed by atoms with Crippen LogP contribution in [0.15, 0.2) is 62.8 Å². The molecule has 0 saturated heterocycles. The Balaban J connectivity index is 1.56. The van der Waals surface area contributed by atoms with Crippen LogP contribution in [0.1, 0.15) is 12.0 Å². The first-order chi connectivity index (χ1) is 20.8. The van der Waals surface area contributed by atoms with Crippen LogP contribution in [0.2, 0.25) is 0 Å². The Bertz CT molecular complexity index is 1900. The highest BCUT2D eigenvalue weighted by molar-refractivity contribution is 5.89. The number of aryl methyl sites for hydroxylation is 2. The number of hydrogen-bond donors (Lipinski definition) is 0. The van der Waals surface area contributed by atoms with Crippen molar-refractivity contribution in [2.75, 3.05) is 42.2 Å². The second-order valence-corrected chi connectivity index (χ2v) is 9.67. The van der Waals surface area contributed by atoms with Gasteiger partial charge < -0.3 is 32.8 Å². The molecule has 0 aliphatic carbocycles. The van der Waals surface area contributed by atoms with Gasteiger partial charge in [-0.05, 0) is 37.6 Å². The molecule has 0 aliphatic heterocycles. The van der Waals surface area contributed by atoms with Crippen molar-refractivity contribution in [3.05, 3.63) is 74.9 Å². The summed E-state index contributed by atoms with van der Waals surface area (Å²) in [5.41, 5.74) is 1.72. The van der Waals surface area contributed by atoms with Crippen LogP contribution in [0.3, 0.4) is 0 Å². The minimum Gasteiger partial charge on any atom is -0.496 e. The second kappa shape index (κ2) is 12.4. The topological polar surface area (TPSA) is 120 Å². The maximum Gasteiger partial charge on any atom is 0.261 e. The molecule has 0 atom stereocenters. The molecular weight excluding hydrogens is 556 g/mol. The molecule has 2 aromatic heterocycles. The lowest BCUT2D eigenvalue weighted by Gasteiger charge is -2.17. The summed E-state index contributed by atoms with van der Waals surface area (Å²) in [4.78, 5) is 31.4. The first-order valence-corrected chi connectivity index (χ1v) is 13.4. The van der Waals surface area contributed by atoms with Crippen LogP contribution >= 0.6 is 0 Å². The summed E-state index contributed by atoms with van der Waals surface area (Å²) in [7, 11) is 7.46. The lowest BCUT2D eigenvalue weighted by molar-refractivity contribution is 0.293. The second-order valence-electron chi connectivity index (χ2n) is 9.67. The fourth-order valence-corrected chi connectivity index (χ4v) is 4.90. The Hall–Kier alpha value is -5.19. The average molecular weight is 589 g/mol. The number of hydrogen-bond acceptors (Lipinski definition) is 10. The van der Waals surface area contributed by atoms with Gasteiger partial charge in [-0.1, -0.05) is 11.6 Å². The molecule has 0 bridgehead atoms. The minimum atomic E-state index is -0.440. The van der Waals surface area contributed by atoms with Crippen LogP contribution in [-0.4, -0.2) is 51.7 Å². The van der Waals surface area contributed by atoms with Crippen LogP contribution < -0.4 is 39.4 Å². The van der Waals surface area contributed by atoms with E-state index in [0.29, 0.717) is 52.4 Å². The van der Waals surface area contributed by atoms with Crippen molar-refractivity contribution >= 4 is 21.9 Å². The summed E-state index contributed by atoms with van der Waals surface area (Å²) in [6, 6.07) is 12.1. The Morgan fingerprint density at radius 3 is 2.19 bits per heavy atom. The van der Waals surface area contributed by atoms with E-state index in [0.717, 1.165) is 5.56 Å². The quantitative estimate of drug-likeness (QED) is 0.195. The molecule has 0 spiro atoms. The third kappa shape index (κ3) is 5.53. The van der Waals surface area contributed by atoms with E-state index >= 15 is 0 Å². The number of rotatable bonds is 11. The highest BCUT2D eigenvalue weighted by atomic mass is 16.5. The molecule has 0 radical (unpaired) electrons. The Labute approximate surface area is 247 Å². The number of ether oxygens (including phenoxy) is 6. The largest absolute Gasteiger partial charge is 0.496 e. The molecule has 3 aromatic carbocycles. The number of methoxy groups -OCH3 is 5. The summed E-state index contributed by atoms with van der Waals surface area (Å²) in [5.74, 6) is 1.94. The molecular formula is C32H32N2O9. The fourth-order valence-electron chi connectivity index (χ4n) is 4.90. The van der Waals surface area contributed by atoms with Crippen molar-refractivity contribution < 1.29 is 32.8 Å². The van der Waals surface area contributed by atoms with Crippen LogP contribution in [0.25, 0.3) is 33.2 Å². The normalized spacial score (nSPS) is 11.0. The third-order valence-corrected chi connectivity index (χ3v) is 7.04. The van der Waals surface area contributed by atoms with E-state index in [2.05, 4.69) is 4.98 Å². The highest BCUT2D eigenvalue weighted by Gasteiger charge is 2.24. The molecule has 0 amide bonds. The molecule has 224 valence electrons. The predicted octanol–water partition coefficient (Wildman–Crippen LogP) is 4.99. The van der Waals surface area contributed by atoms with Gasteiger partial charge in [-0.3, -0.25) is 14.2 Å². The smallest absolute Gasteiger partial charge is 0.261 e. The molecule has 0 fully saturated rings. The van der Waals surface area contributed by atoms with Gasteiger partial charge in [0.25, 0.3) is 5.56 Å². The van der Waals surface area contributed by atoms with Gasteiger partial charge in [-0.25, -0.2) is 4.98 Å². The zero-order chi connectivity index (χ0) is 30.7. The summed E-state index contributed by atoms with van der Waals surface area (Å²) >= 11 is 0. The number of fused-ring (bicyclic) bond motifs is 2. The van der Waals surface area contributed by atoms with Crippen LogP contribution in [0, 0.1) is 6.92 Å². The van der Waals surface area contributed by atoms with E-state index < -0.39 is 5.43 Å². The standard InChI is InChI=1S/C32H32N2O9/c1-18-8-9-22-21(12-18)32(36)34(17-33-22)10-7-11-42-31-28(35)27-23(38-3)15-20(37-2)16-24(27)43-29(31)19-13-25(39-4)30(41-6)26(14-19)40-5/h8-9,12-17H,7,10-11H2,1-6H3. The van der Waals surface area contributed by atoms with Gasteiger partial charge in [-0.15, -0.1) is 0 Å². The SMILES string of the molecule is COc1cc(OC)c2c(=O)c(OCCCn3cnc4ccc(C)cc4c3=O)c(-c3cc(OC)c(OC)c(OC)c3)oc2c1. The van der Waals surface area contributed by atoms with Crippen molar-refractivity contribution in [1.82, 2.24) is 9.55 Å². The molecule has 0 N–H and O–H groups in total. The van der Waals surface area contributed by atoms with Crippen molar-refractivity contribution in [3.8, 4) is 45.8 Å². The van der Waals surface area contributed by atoms with Crippen LogP contribution in [-0.2, 0) is 6.54 Å². The summed E-state index contributed by atoms with van der Waals surface area (Å²) in [6.07, 6.45) is 1.93. The van der Waals surface area contributed by atoms with Gasteiger partial charge in [0.2, 0.25) is 16.9 Å². The molecule has 5 aromatic rings. The fraction of sp³-hybridized carbons (Fsp3) is 0.281. The Morgan fingerprint density at radius 2 is 1.53 bits per heavy atom. The van der Waals surface area contributed by atoms with E-state index in [1.54, 1.807) is 24.3 Å². The van der Waals surface area contributed by atoms with Gasteiger partial charge in [0.15, 0.2) is 17.3 Å². The van der Waals surface area contributed by atoms with E-state index in [9.17, 15) is 9.59 Å². The van der Waals surface area contributed by atoms with Crippen molar-refractivity contribution in [2.24, 2.45) is 0 Å². The summed E-state index contributed by atoms with van der Waals surface area (Å²) < 4.78 is 41.3. The monoisotopic (exact) mass is 588 g/mol. The molecule has 11 nitrogen and oxygen atoms in total. The van der Waals surface area contributed by atoms with E-state index in [1.807, 2.05) is 25.1 Å². The summed E-state index contributed by atoms with van der Waals surface area (Å²) in [6.45, 7) is 2.36. The molecule has 2 heterocycles. The van der Waals surface area contributed by atoms with Gasteiger partial charge in [0, 0.05) is 24.2 Å². The van der Waals surface area contributed by atoms with E-state index in [-0.39, 0.29) is 40.4 Å². The molecule has 5 rings (SSSR count). The number of aromatic nitrogens is 2. The minimum absolute atomic E-state index is 0.0372. The summed E-state index contributed by atoms with van der Waals surface area (Å²) in [5, 5.41) is 0.741. The molecule has 11 heteroatoms. The Morgan fingerprint density at radius 1 is 0.814 bits per heavy atom. The first-order valence-electron chi connectivity index (χ1n) is 13.4. The Kier molecular flexibility index (Phi) is 8.42. The van der Waals surface area contributed by atoms with E-state index in [4.69, 9.17) is 32.8 Å². The zero-order valence-electron chi connectivity index (χ0n) is 24.8. The highest BCUT2D eigenvalue weighted by Crippen LogP contribution is 2.44. The van der Waals surface area contributed by atoms with Gasteiger partial charge in [0.05, 0.1) is 59.4 Å². The van der Waals surface area contributed by atoms with Crippen molar-refractivity contribution in [2.45, 2.75) is 19.9 Å². The van der Waals surface area contributed by atoms with E-state index in [1.165, 1.54) is 46.4 Å². The predicted molar refractivity (Wildman–Crippen MR) is 162 cm³/mol. The van der Waals surface area contributed by atoms with Crippen molar-refractivity contribution in [3.63, 3.8) is 0 Å². The molecule has 43 heavy (non-hydrogen) atoms. The third-order valence-electron chi connectivity index (χ3n) is 7.04. The lowest BCUT2D eigenvalue weighted by atomic mass is 10.1. The molecule has 0 aliphatic rings. The first kappa shape index (κ1) is 29.3. The number of benzene rings is 3. The van der Waals surface area contributed by atoms with Gasteiger partial charge in [-0.2, -0.15) is 0 Å². The number of nitrogens with zero attached hydrogens (tertiary/aromatic N) is 2. The molecule has 0 saturated carbocycles. The maximum absolute atomic E-state index is 14.0. The average Bonchev–Trinajstić information content (AvgIpc) is 3.03. The van der Waals surface area contributed by atoms with Crippen LogP contribution in [0.5, 0.6) is 34.5 Å².